The predicted octanol–water partition coefficient (Wildman–Crippen LogP) is -1.17. The summed E-state index contributed by atoms with van der Waals surface area (Å²) in [6.45, 7) is 2.67. The molecule has 0 spiro atoms. The van der Waals surface area contributed by atoms with E-state index in [0.717, 1.165) is 37.6 Å². The van der Waals surface area contributed by atoms with Crippen LogP contribution in [0.2, 0.25) is 0 Å². The highest BCUT2D eigenvalue weighted by Gasteiger charge is 2.19. The summed E-state index contributed by atoms with van der Waals surface area (Å²) in [5.41, 5.74) is 8.36. The van der Waals surface area contributed by atoms with E-state index in [1.165, 1.54) is 5.69 Å². The lowest BCUT2D eigenvalue weighted by atomic mass is 10.2. The minimum absolute atomic E-state index is 0.829. The van der Waals surface area contributed by atoms with Crippen molar-refractivity contribution in [2.75, 3.05) is 13.1 Å². The zero-order valence-electron chi connectivity index (χ0n) is 7.75. The maximum absolute atomic E-state index is 4.14. The Morgan fingerprint density at radius 2 is 2.43 bits per heavy atom. The molecule has 0 radical (unpaired) electrons. The molecule has 1 aromatic rings. The van der Waals surface area contributed by atoms with E-state index in [0.29, 0.717) is 0 Å². The molecule has 2 aliphatic rings. The zero-order valence-corrected chi connectivity index (χ0v) is 7.75. The Hall–Kier alpha value is -1.40. The van der Waals surface area contributed by atoms with Gasteiger partial charge in [0, 0.05) is 26.1 Å². The fourth-order valence-electron chi connectivity index (χ4n) is 1.81. The highest BCUT2D eigenvalue weighted by Crippen LogP contribution is 2.13. The lowest BCUT2D eigenvalue weighted by Gasteiger charge is -2.13. The minimum atomic E-state index is 0.829. The van der Waals surface area contributed by atoms with Crippen LogP contribution >= 0.6 is 0 Å². The van der Waals surface area contributed by atoms with Crippen molar-refractivity contribution in [1.82, 2.24) is 31.2 Å². The first-order chi connectivity index (χ1) is 6.95. The van der Waals surface area contributed by atoms with Crippen LogP contribution in [-0.4, -0.2) is 28.1 Å². The molecular weight excluding hydrogens is 180 g/mol. The third-order valence-corrected chi connectivity index (χ3v) is 2.52. The zero-order chi connectivity index (χ0) is 9.38. The maximum atomic E-state index is 4.14. The molecule has 3 rings (SSSR count). The Kier molecular flexibility index (Phi) is 1.74. The standard InChI is InChI=1S/C8H12N6/c1-3-9-5-6-7(1)14(13-11-6)8-2-4-10-12-8/h2,9-10,12H,1,3-5H2. The molecule has 0 unspecified atom stereocenters. The molecule has 0 fully saturated rings. The van der Waals surface area contributed by atoms with Gasteiger partial charge in [0.1, 0.15) is 11.5 Å². The van der Waals surface area contributed by atoms with Crippen LogP contribution in [0.3, 0.4) is 0 Å². The molecule has 0 aromatic carbocycles. The van der Waals surface area contributed by atoms with Gasteiger partial charge in [0.15, 0.2) is 0 Å². The topological polar surface area (TPSA) is 66.8 Å². The van der Waals surface area contributed by atoms with Crippen molar-refractivity contribution in [1.29, 1.82) is 0 Å². The van der Waals surface area contributed by atoms with Crippen molar-refractivity contribution in [2.24, 2.45) is 0 Å². The van der Waals surface area contributed by atoms with E-state index in [9.17, 15) is 0 Å². The molecule has 14 heavy (non-hydrogen) atoms. The number of hydrazine groups is 1. The van der Waals surface area contributed by atoms with Crippen molar-refractivity contribution >= 4 is 5.82 Å². The number of rotatable bonds is 1. The molecule has 3 N–H and O–H groups in total. The van der Waals surface area contributed by atoms with Crippen molar-refractivity contribution in [2.45, 2.75) is 13.0 Å². The van der Waals surface area contributed by atoms with E-state index < -0.39 is 0 Å². The number of nitrogens with zero attached hydrogens (tertiary/aromatic N) is 3. The first-order valence-corrected chi connectivity index (χ1v) is 4.79. The van der Waals surface area contributed by atoms with E-state index in [1.807, 2.05) is 4.68 Å². The van der Waals surface area contributed by atoms with Gasteiger partial charge in [-0.1, -0.05) is 5.21 Å². The summed E-state index contributed by atoms with van der Waals surface area (Å²) < 4.78 is 1.89. The summed E-state index contributed by atoms with van der Waals surface area (Å²) in [6, 6.07) is 0. The van der Waals surface area contributed by atoms with E-state index >= 15 is 0 Å². The summed E-state index contributed by atoms with van der Waals surface area (Å²) in [5, 5.41) is 11.6. The fraction of sp³-hybridized carbons (Fsp3) is 0.500. The van der Waals surface area contributed by atoms with Gasteiger partial charge in [-0.25, -0.2) is 10.1 Å². The molecule has 3 heterocycles. The third kappa shape index (κ3) is 1.11. The maximum Gasteiger partial charge on any atom is 0.141 e. The predicted molar refractivity (Wildman–Crippen MR) is 50.8 cm³/mol. The molecule has 6 heteroatoms. The average Bonchev–Trinajstić information content (AvgIpc) is 2.85. The molecule has 0 amide bonds. The lowest BCUT2D eigenvalue weighted by molar-refractivity contribution is 0.613. The smallest absolute Gasteiger partial charge is 0.141 e. The Labute approximate surface area is 81.3 Å². The molecule has 6 nitrogen and oxygen atoms in total. The van der Waals surface area contributed by atoms with Gasteiger partial charge < -0.3 is 10.7 Å². The summed E-state index contributed by atoms with van der Waals surface area (Å²) in [6.07, 6.45) is 3.05. The fourth-order valence-corrected chi connectivity index (χ4v) is 1.81. The van der Waals surface area contributed by atoms with E-state index in [1.54, 1.807) is 0 Å². The average molecular weight is 192 g/mol. The Balaban J connectivity index is 2.01. The molecule has 1 aromatic heterocycles. The summed E-state index contributed by atoms with van der Waals surface area (Å²) >= 11 is 0. The van der Waals surface area contributed by atoms with Crippen molar-refractivity contribution in [3.8, 4) is 0 Å². The second-order valence-electron chi connectivity index (χ2n) is 3.42. The van der Waals surface area contributed by atoms with E-state index in [2.05, 4.69) is 32.6 Å². The lowest BCUT2D eigenvalue weighted by Crippen LogP contribution is -2.29. The SMILES string of the molecule is C1=C(n2nnc3c2CCNC3)NNC1. The number of fused-ring (bicyclic) bond motifs is 1. The van der Waals surface area contributed by atoms with Crippen LogP contribution in [-0.2, 0) is 13.0 Å². The summed E-state index contributed by atoms with van der Waals surface area (Å²) in [5.74, 6) is 0.987. The number of aromatic nitrogens is 3. The van der Waals surface area contributed by atoms with Crippen LogP contribution < -0.4 is 16.2 Å². The largest absolute Gasteiger partial charge is 0.311 e. The van der Waals surface area contributed by atoms with Crippen molar-refractivity contribution < 1.29 is 0 Å². The normalized spacial score (nSPS) is 20.1. The van der Waals surface area contributed by atoms with Crippen LogP contribution in [0.5, 0.6) is 0 Å². The monoisotopic (exact) mass is 192 g/mol. The number of nitrogens with one attached hydrogen (secondary N) is 3. The van der Waals surface area contributed by atoms with Crippen LogP contribution in [0.25, 0.3) is 5.82 Å². The summed E-state index contributed by atoms with van der Waals surface area (Å²) in [7, 11) is 0. The Morgan fingerprint density at radius 3 is 3.29 bits per heavy atom. The van der Waals surface area contributed by atoms with Crippen LogP contribution in [0.1, 0.15) is 11.4 Å². The van der Waals surface area contributed by atoms with Gasteiger partial charge in [-0.15, -0.1) is 5.10 Å². The van der Waals surface area contributed by atoms with Gasteiger partial charge in [0.25, 0.3) is 0 Å². The Morgan fingerprint density at radius 1 is 1.43 bits per heavy atom. The van der Waals surface area contributed by atoms with Gasteiger partial charge in [0.05, 0.1) is 5.69 Å². The second kappa shape index (κ2) is 3.07. The minimum Gasteiger partial charge on any atom is -0.311 e. The Bertz CT molecular complexity index is 379. The van der Waals surface area contributed by atoms with Crippen molar-refractivity contribution in [3.05, 3.63) is 17.5 Å². The van der Waals surface area contributed by atoms with Crippen molar-refractivity contribution in [3.63, 3.8) is 0 Å². The van der Waals surface area contributed by atoms with E-state index in [4.69, 9.17) is 0 Å². The molecule has 0 bridgehead atoms. The first-order valence-electron chi connectivity index (χ1n) is 4.79. The van der Waals surface area contributed by atoms with Gasteiger partial charge in [-0.05, 0) is 6.08 Å². The molecule has 0 aliphatic carbocycles. The van der Waals surface area contributed by atoms with E-state index in [-0.39, 0.29) is 0 Å². The number of hydrogen-bond donors (Lipinski definition) is 3. The second-order valence-corrected chi connectivity index (χ2v) is 3.42. The van der Waals surface area contributed by atoms with Crippen LogP contribution in [0, 0.1) is 0 Å². The molecule has 0 atom stereocenters. The molecule has 0 saturated carbocycles. The molecular formula is C8H12N6. The van der Waals surface area contributed by atoms with Gasteiger partial charge in [-0.2, -0.15) is 0 Å². The van der Waals surface area contributed by atoms with Crippen LogP contribution in [0.15, 0.2) is 6.08 Å². The van der Waals surface area contributed by atoms with Crippen LogP contribution in [0.4, 0.5) is 0 Å². The van der Waals surface area contributed by atoms with Gasteiger partial charge >= 0.3 is 0 Å². The molecule has 2 aliphatic heterocycles. The summed E-state index contributed by atoms with van der Waals surface area (Å²) in [4.78, 5) is 0. The highest BCUT2D eigenvalue weighted by atomic mass is 15.5. The highest BCUT2D eigenvalue weighted by molar-refractivity contribution is 5.45. The molecule has 74 valence electrons. The van der Waals surface area contributed by atoms with Gasteiger partial charge in [0.2, 0.25) is 0 Å². The third-order valence-electron chi connectivity index (χ3n) is 2.52. The molecule has 0 saturated heterocycles. The quantitative estimate of drug-likeness (QED) is 0.523. The first kappa shape index (κ1) is 7.95. The van der Waals surface area contributed by atoms with Gasteiger partial charge in [-0.3, -0.25) is 0 Å². The number of hydrogen-bond acceptors (Lipinski definition) is 5.